The third-order valence-electron chi connectivity index (χ3n) is 11.6. The van der Waals surface area contributed by atoms with Crippen LogP contribution < -0.4 is 21.3 Å². The Bertz CT molecular complexity index is 2270. The van der Waals surface area contributed by atoms with Gasteiger partial charge in [0.1, 0.15) is 12.2 Å². The number of ether oxygens (including phenoxy) is 2. The van der Waals surface area contributed by atoms with E-state index in [1.165, 1.54) is 17.2 Å². The van der Waals surface area contributed by atoms with E-state index in [0.29, 0.717) is 86.4 Å². The van der Waals surface area contributed by atoms with Gasteiger partial charge >= 0.3 is 12.2 Å². The van der Waals surface area contributed by atoms with Gasteiger partial charge in [0.25, 0.3) is 0 Å². The lowest BCUT2D eigenvalue weighted by Gasteiger charge is -2.39. The smallest absolute Gasteiger partial charge is 0.411 e. The van der Waals surface area contributed by atoms with E-state index in [1.807, 2.05) is 106 Å². The number of isocyanates is 1. The van der Waals surface area contributed by atoms with Gasteiger partial charge in [-0.2, -0.15) is 4.99 Å². The lowest BCUT2D eigenvalue weighted by Crippen LogP contribution is -2.52. The van der Waals surface area contributed by atoms with Gasteiger partial charge in [0.15, 0.2) is 0 Å². The summed E-state index contributed by atoms with van der Waals surface area (Å²) in [6.07, 6.45) is 4.46. The number of likely N-dealkylation sites (tertiary alicyclic amines) is 1. The van der Waals surface area contributed by atoms with E-state index in [1.54, 1.807) is 17.0 Å². The highest BCUT2D eigenvalue weighted by molar-refractivity contribution is 6.31. The first kappa shape index (κ1) is 56.9. The lowest BCUT2D eigenvalue weighted by molar-refractivity contribution is -0.137. The second kappa shape index (κ2) is 28.1. The summed E-state index contributed by atoms with van der Waals surface area (Å²) in [5.41, 5.74) is 3.24. The van der Waals surface area contributed by atoms with E-state index in [-0.39, 0.29) is 43.5 Å². The summed E-state index contributed by atoms with van der Waals surface area (Å²) in [6, 6.07) is 29.9. The predicted molar refractivity (Wildman–Crippen MR) is 269 cm³/mol. The maximum Gasteiger partial charge on any atom is 0.411 e. The van der Waals surface area contributed by atoms with E-state index in [9.17, 15) is 29.1 Å². The molecule has 4 amide bonds. The molecule has 2 saturated heterocycles. The molecule has 2 aliphatic heterocycles. The molecule has 2 heterocycles. The van der Waals surface area contributed by atoms with Crippen LogP contribution in [0.15, 0.2) is 102 Å². The van der Waals surface area contributed by atoms with E-state index >= 15 is 0 Å². The van der Waals surface area contributed by atoms with Crippen LogP contribution in [0, 0.1) is 10.8 Å². The molecule has 5 N–H and O–H groups in total. The average Bonchev–Trinajstić information content (AvgIpc) is 3.33. The molecule has 4 aromatic carbocycles. The van der Waals surface area contributed by atoms with Crippen LogP contribution >= 0.6 is 35.6 Å². The third-order valence-corrected chi connectivity index (χ3v) is 12.3. The van der Waals surface area contributed by atoms with Crippen molar-refractivity contribution < 1.29 is 38.6 Å². The Hall–Kier alpha value is -5.47. The zero-order valence-corrected chi connectivity index (χ0v) is 41.8. The number of hydrogen-bond acceptors (Lipinski definition) is 10. The van der Waals surface area contributed by atoms with E-state index in [4.69, 9.17) is 32.7 Å². The molecule has 68 heavy (non-hydrogen) atoms. The minimum atomic E-state index is -0.889. The Balaban J connectivity index is 0.000000294. The summed E-state index contributed by atoms with van der Waals surface area (Å²) >= 11 is 12.3. The number of halogens is 3. The number of aliphatic hydroxyl groups excluding tert-OH is 1. The van der Waals surface area contributed by atoms with E-state index in [0.717, 1.165) is 24.0 Å². The largest absolute Gasteiger partial charge is 0.448 e. The predicted octanol–water partition coefficient (Wildman–Crippen LogP) is 9.74. The lowest BCUT2D eigenvalue weighted by atomic mass is 9.78. The van der Waals surface area contributed by atoms with Gasteiger partial charge in [-0.25, -0.2) is 14.4 Å². The molecule has 0 bridgehead atoms. The summed E-state index contributed by atoms with van der Waals surface area (Å²) in [5, 5.41) is 22.9. The number of piperidine rings is 2. The Morgan fingerprint density at radius 3 is 1.69 bits per heavy atom. The van der Waals surface area contributed by atoms with Gasteiger partial charge in [-0.05, 0) is 131 Å². The van der Waals surface area contributed by atoms with Crippen LogP contribution in [-0.4, -0.2) is 85.1 Å². The van der Waals surface area contributed by atoms with Crippen molar-refractivity contribution in [1.82, 2.24) is 20.9 Å². The highest BCUT2D eigenvalue weighted by Crippen LogP contribution is 2.33. The van der Waals surface area contributed by atoms with Crippen molar-refractivity contribution in [1.29, 1.82) is 0 Å². The fourth-order valence-electron chi connectivity index (χ4n) is 7.29. The maximum atomic E-state index is 13.1. The number of benzene rings is 4. The molecule has 2 aliphatic rings. The number of aliphatic imine (C=N–C) groups is 1. The zero-order valence-electron chi connectivity index (χ0n) is 39.5. The van der Waals surface area contributed by atoms with Crippen molar-refractivity contribution in [3.05, 3.63) is 129 Å². The Kier molecular flexibility index (Phi) is 23.5. The first-order valence-electron chi connectivity index (χ1n) is 22.6. The number of rotatable bonds is 13. The monoisotopic (exact) mass is 994 g/mol. The normalized spacial score (nSPS) is 14.6. The summed E-state index contributed by atoms with van der Waals surface area (Å²) in [7, 11) is 0. The van der Waals surface area contributed by atoms with Gasteiger partial charge < -0.3 is 35.4 Å². The Morgan fingerprint density at radius 2 is 1.24 bits per heavy atom. The number of nitrogens with zero attached hydrogens (tertiary/aromatic N) is 2. The van der Waals surface area contributed by atoms with Crippen LogP contribution in [0.3, 0.4) is 0 Å². The minimum Gasteiger partial charge on any atom is -0.448 e. The van der Waals surface area contributed by atoms with Crippen LogP contribution in [0.5, 0.6) is 0 Å². The molecule has 0 saturated carbocycles. The van der Waals surface area contributed by atoms with Crippen molar-refractivity contribution in [3.63, 3.8) is 0 Å². The Morgan fingerprint density at radius 1 is 0.750 bits per heavy atom. The van der Waals surface area contributed by atoms with Crippen LogP contribution in [0.4, 0.5) is 21.0 Å². The average molecular weight is 996 g/mol. The SMILES string of the molecule is CC(C)(C)OC(=O)N1CCC(CO)(C(=O)NCc2ccccc2Cl)CC1.CCc1ccc(N=C=O)cc1.CCc1ccc(NC(=O)OCC2(C(=O)NCc3ccccc3Cl)CCNCC2)cc1.Cl. The van der Waals surface area contributed by atoms with Gasteiger partial charge in [0, 0.05) is 41.9 Å². The van der Waals surface area contributed by atoms with Gasteiger partial charge in [0.05, 0.1) is 23.1 Å². The number of carbonyl (C=O) groups is 4. The molecule has 6 rings (SSSR count). The van der Waals surface area contributed by atoms with Crippen LogP contribution in [0.1, 0.15) is 82.6 Å². The van der Waals surface area contributed by atoms with Crippen molar-refractivity contribution >= 4 is 77.1 Å². The van der Waals surface area contributed by atoms with Crippen molar-refractivity contribution in [2.75, 3.05) is 44.7 Å². The minimum absolute atomic E-state index is 0. The van der Waals surface area contributed by atoms with Crippen molar-refractivity contribution in [2.24, 2.45) is 15.8 Å². The summed E-state index contributed by atoms with van der Waals surface area (Å²) in [5.74, 6) is -0.340. The van der Waals surface area contributed by atoms with Crippen LogP contribution in [0.2, 0.25) is 10.0 Å². The Labute approximate surface area is 416 Å². The number of aryl methyl sites for hydroxylation is 2. The first-order chi connectivity index (χ1) is 32.1. The van der Waals surface area contributed by atoms with E-state index < -0.39 is 22.5 Å². The summed E-state index contributed by atoms with van der Waals surface area (Å²) in [6.45, 7) is 12.1. The fraction of sp³-hybridized carbons (Fsp3) is 0.431. The molecule has 0 aromatic heterocycles. The molecular formula is C51H65Cl3N6O8. The number of aliphatic hydroxyl groups is 1. The molecular weight excluding hydrogens is 931 g/mol. The standard InChI is InChI=1S/C23H28ClN3O3.C19H27ClN2O4.C9H9NO.ClH/c1-2-17-7-9-19(10-8-17)27-22(29)30-16-23(11-13-25-14-12-23)21(28)26-15-18-5-3-4-6-20(18)24;1-18(2,3)26-17(25)22-10-8-19(13-23,9-11-22)16(24)21-12-14-6-4-5-7-15(14)20;1-2-8-3-5-9(6-4-8)10-7-11;/h3-10,25H,2,11-16H2,1H3,(H,26,28)(H,27,29);4-7,23H,8-13H2,1-3H3,(H,21,24);3-6H,2H2,1H3;1H. The molecule has 4 aromatic rings. The second-order valence-corrected chi connectivity index (χ2v) is 18.3. The van der Waals surface area contributed by atoms with Gasteiger partial charge in [0.2, 0.25) is 17.9 Å². The van der Waals surface area contributed by atoms with Crippen LogP contribution in [-0.2, 0) is 49.8 Å². The van der Waals surface area contributed by atoms with Gasteiger partial charge in [-0.3, -0.25) is 14.9 Å². The number of hydrogen-bond donors (Lipinski definition) is 5. The summed E-state index contributed by atoms with van der Waals surface area (Å²) < 4.78 is 10.8. The third kappa shape index (κ3) is 17.9. The molecule has 0 atom stereocenters. The number of carbonyl (C=O) groups excluding carboxylic acids is 5. The van der Waals surface area contributed by atoms with Crippen LogP contribution in [0.25, 0.3) is 0 Å². The molecule has 0 radical (unpaired) electrons. The molecule has 2 fully saturated rings. The fourth-order valence-corrected chi connectivity index (χ4v) is 7.70. The molecule has 17 heteroatoms. The first-order valence-corrected chi connectivity index (χ1v) is 23.3. The van der Waals surface area contributed by atoms with Gasteiger partial charge in [-0.15, -0.1) is 12.4 Å². The molecule has 368 valence electrons. The maximum absolute atomic E-state index is 13.1. The topological polar surface area (TPSA) is 188 Å². The van der Waals surface area contributed by atoms with Gasteiger partial charge in [-0.1, -0.05) is 97.7 Å². The highest BCUT2D eigenvalue weighted by atomic mass is 35.5. The molecule has 0 spiro atoms. The molecule has 14 nitrogen and oxygen atoms in total. The molecule has 0 aliphatic carbocycles. The number of anilines is 1. The number of nitrogens with one attached hydrogen (secondary N) is 4. The number of amides is 4. The second-order valence-electron chi connectivity index (χ2n) is 17.5. The quantitative estimate of drug-likeness (QED) is 0.0642. The van der Waals surface area contributed by atoms with Crippen molar-refractivity contribution in [3.8, 4) is 0 Å². The summed E-state index contributed by atoms with van der Waals surface area (Å²) in [4.78, 5) is 65.1. The molecule has 0 unspecified atom stereocenters. The van der Waals surface area contributed by atoms with E-state index in [2.05, 4.69) is 40.1 Å². The zero-order chi connectivity index (χ0) is 48.9. The highest BCUT2D eigenvalue weighted by Gasteiger charge is 2.43. The van der Waals surface area contributed by atoms with Crippen molar-refractivity contribution in [2.45, 2.75) is 91.8 Å².